The first-order valence-corrected chi connectivity index (χ1v) is 12.6. The van der Waals surface area contributed by atoms with E-state index < -0.39 is 23.4 Å². The van der Waals surface area contributed by atoms with Gasteiger partial charge in [0.15, 0.2) is 0 Å². The largest absolute Gasteiger partial charge is 0.444 e. The van der Waals surface area contributed by atoms with Crippen molar-refractivity contribution in [2.24, 2.45) is 0 Å². The van der Waals surface area contributed by atoms with E-state index in [1.165, 1.54) is 0 Å². The second-order valence-corrected chi connectivity index (χ2v) is 11.6. The molecule has 9 heteroatoms. The van der Waals surface area contributed by atoms with Gasteiger partial charge in [0.25, 0.3) is 0 Å². The summed E-state index contributed by atoms with van der Waals surface area (Å²) in [5, 5.41) is 10.5. The quantitative estimate of drug-likeness (QED) is 0.625. The first-order chi connectivity index (χ1) is 16.2. The van der Waals surface area contributed by atoms with E-state index in [4.69, 9.17) is 4.74 Å². The summed E-state index contributed by atoms with van der Waals surface area (Å²) in [5.41, 5.74) is -0.0270. The lowest BCUT2D eigenvalue weighted by Crippen LogP contribution is -2.62. The predicted octanol–water partition coefficient (Wildman–Crippen LogP) is 4.98. The zero-order chi connectivity index (χ0) is 25.8. The normalized spacial score (nSPS) is 28.1. The summed E-state index contributed by atoms with van der Waals surface area (Å²) >= 11 is 0. The van der Waals surface area contributed by atoms with Crippen molar-refractivity contribution in [2.75, 3.05) is 32.7 Å². The second-order valence-electron chi connectivity index (χ2n) is 11.6. The molecule has 2 saturated heterocycles. The average molecular weight is 498 g/mol. The molecular formula is C26H38F3N3O3. The first kappa shape index (κ1) is 26.2. The Balaban J connectivity index is 1.39. The molecule has 1 aliphatic carbocycles. The van der Waals surface area contributed by atoms with Crippen molar-refractivity contribution in [3.8, 4) is 0 Å². The molecule has 3 unspecified atom stereocenters. The minimum atomic E-state index is -4.42. The molecule has 0 aromatic heterocycles. The Morgan fingerprint density at radius 3 is 2.31 bits per heavy atom. The Kier molecular flexibility index (Phi) is 6.92. The molecule has 4 rings (SSSR count). The topological polar surface area (TPSA) is 56.2 Å². The van der Waals surface area contributed by atoms with Gasteiger partial charge in [-0.15, -0.1) is 0 Å². The number of carbonyl (C=O) groups excluding carboxylic acids is 1. The lowest BCUT2D eigenvalue weighted by atomic mass is 9.86. The van der Waals surface area contributed by atoms with E-state index in [2.05, 4.69) is 23.6 Å². The van der Waals surface area contributed by atoms with Gasteiger partial charge in [-0.05, 0) is 77.1 Å². The van der Waals surface area contributed by atoms with Crippen molar-refractivity contribution >= 4 is 6.09 Å². The highest BCUT2D eigenvalue weighted by molar-refractivity contribution is 5.68. The number of alkyl halides is 3. The van der Waals surface area contributed by atoms with Crippen LogP contribution in [0.5, 0.6) is 0 Å². The lowest BCUT2D eigenvalue weighted by Gasteiger charge is -2.52. The third-order valence-electron chi connectivity index (χ3n) is 7.91. The molecule has 0 bridgehead atoms. The van der Waals surface area contributed by atoms with Gasteiger partial charge in [-0.1, -0.05) is 6.07 Å². The number of piperidine rings is 1. The van der Waals surface area contributed by atoms with Gasteiger partial charge in [0, 0.05) is 50.3 Å². The van der Waals surface area contributed by atoms with Crippen molar-refractivity contribution in [1.29, 1.82) is 0 Å². The van der Waals surface area contributed by atoms with E-state index in [1.54, 1.807) is 11.0 Å². The van der Waals surface area contributed by atoms with E-state index in [1.807, 2.05) is 20.8 Å². The van der Waals surface area contributed by atoms with E-state index in [0.29, 0.717) is 25.1 Å². The van der Waals surface area contributed by atoms with E-state index in [-0.39, 0.29) is 23.7 Å². The maximum atomic E-state index is 13.2. The molecule has 2 aliphatic heterocycles. The van der Waals surface area contributed by atoms with Crippen LogP contribution >= 0.6 is 0 Å². The molecule has 2 fully saturated rings. The number of hydrogen-bond donors (Lipinski definition) is 1. The number of halogens is 3. The standard InChI is InChI=1S/C26H38F3N3O3/c1-17-16-31(25(5)8-10-30(11-9-25)23(34)35-24(2,3)4)12-13-32(17)21-15-22(33)20-14-18(26(27,28)29)6-7-19(20)21/h6-7,14,17,21-22,33H,8-13,15-16H2,1-5H3. The van der Waals surface area contributed by atoms with Gasteiger partial charge in [-0.25, -0.2) is 4.79 Å². The monoisotopic (exact) mass is 497 g/mol. The zero-order valence-electron chi connectivity index (χ0n) is 21.4. The Labute approximate surface area is 206 Å². The second kappa shape index (κ2) is 9.23. The number of aliphatic hydroxyl groups is 1. The molecule has 0 saturated carbocycles. The van der Waals surface area contributed by atoms with Crippen LogP contribution in [0.15, 0.2) is 18.2 Å². The summed E-state index contributed by atoms with van der Waals surface area (Å²) in [7, 11) is 0. The molecule has 0 spiro atoms. The molecule has 196 valence electrons. The predicted molar refractivity (Wildman–Crippen MR) is 127 cm³/mol. The minimum absolute atomic E-state index is 0.0203. The number of ether oxygens (including phenoxy) is 1. The number of nitrogens with zero attached hydrogens (tertiary/aromatic N) is 3. The molecule has 3 atom stereocenters. The molecule has 6 nitrogen and oxygen atoms in total. The number of carbonyl (C=O) groups is 1. The van der Waals surface area contributed by atoms with Crippen molar-refractivity contribution in [3.05, 3.63) is 34.9 Å². The minimum Gasteiger partial charge on any atom is -0.444 e. The van der Waals surface area contributed by atoms with Crippen molar-refractivity contribution < 1.29 is 27.8 Å². The summed E-state index contributed by atoms with van der Waals surface area (Å²) in [4.78, 5) is 19.1. The van der Waals surface area contributed by atoms with Crippen molar-refractivity contribution in [1.82, 2.24) is 14.7 Å². The highest BCUT2D eigenvalue weighted by Crippen LogP contribution is 2.46. The van der Waals surface area contributed by atoms with E-state index in [0.717, 1.165) is 50.2 Å². The van der Waals surface area contributed by atoms with Crippen LogP contribution in [0.25, 0.3) is 0 Å². The summed E-state index contributed by atoms with van der Waals surface area (Å²) in [6, 6.07) is 3.90. The van der Waals surface area contributed by atoms with Crippen molar-refractivity contribution in [3.63, 3.8) is 0 Å². The summed E-state index contributed by atoms with van der Waals surface area (Å²) in [6.45, 7) is 13.8. The molecule has 3 aliphatic rings. The van der Waals surface area contributed by atoms with Crippen LogP contribution in [0.3, 0.4) is 0 Å². The van der Waals surface area contributed by atoms with Crippen LogP contribution in [-0.4, -0.2) is 75.8 Å². The molecule has 35 heavy (non-hydrogen) atoms. The smallest absolute Gasteiger partial charge is 0.416 e. The molecule has 1 amide bonds. The highest BCUT2D eigenvalue weighted by Gasteiger charge is 2.44. The first-order valence-electron chi connectivity index (χ1n) is 12.6. The number of likely N-dealkylation sites (tertiary alicyclic amines) is 1. The maximum absolute atomic E-state index is 13.2. The SMILES string of the molecule is CC1CN(C2(C)CCN(C(=O)OC(C)(C)C)CC2)CCN1C1CC(O)c2cc(C(F)(F)F)ccc21. The molecule has 1 aromatic rings. The number of rotatable bonds is 2. The van der Waals surface area contributed by atoms with Crippen LogP contribution in [0, 0.1) is 0 Å². The lowest BCUT2D eigenvalue weighted by molar-refractivity contribution is -0.137. The van der Waals surface area contributed by atoms with E-state index in [9.17, 15) is 23.1 Å². The van der Waals surface area contributed by atoms with Crippen LogP contribution in [0.1, 0.15) is 82.7 Å². The fourth-order valence-corrected chi connectivity index (χ4v) is 5.86. The average Bonchev–Trinajstić information content (AvgIpc) is 3.08. The summed E-state index contributed by atoms with van der Waals surface area (Å²) < 4.78 is 45.0. The fraction of sp³-hybridized carbons (Fsp3) is 0.731. The zero-order valence-corrected chi connectivity index (χ0v) is 21.4. The van der Waals surface area contributed by atoms with Gasteiger partial charge in [0.05, 0.1) is 11.7 Å². The van der Waals surface area contributed by atoms with Gasteiger partial charge in [-0.2, -0.15) is 13.2 Å². The highest BCUT2D eigenvalue weighted by atomic mass is 19.4. The number of piperazine rings is 1. The van der Waals surface area contributed by atoms with Gasteiger partial charge < -0.3 is 14.7 Å². The number of benzene rings is 1. The molecule has 2 heterocycles. The van der Waals surface area contributed by atoms with Gasteiger partial charge >= 0.3 is 12.3 Å². The fourth-order valence-electron chi connectivity index (χ4n) is 5.86. The van der Waals surface area contributed by atoms with Crippen LogP contribution in [-0.2, 0) is 10.9 Å². The maximum Gasteiger partial charge on any atom is 0.416 e. The van der Waals surface area contributed by atoms with E-state index >= 15 is 0 Å². The third kappa shape index (κ3) is 5.47. The molecule has 1 N–H and O–H groups in total. The number of hydrogen-bond acceptors (Lipinski definition) is 5. The van der Waals surface area contributed by atoms with Crippen LogP contribution in [0.2, 0.25) is 0 Å². The summed E-state index contributed by atoms with van der Waals surface area (Å²) in [6.07, 6.45) is -3.40. The van der Waals surface area contributed by atoms with Crippen LogP contribution < -0.4 is 0 Å². The Morgan fingerprint density at radius 2 is 1.74 bits per heavy atom. The third-order valence-corrected chi connectivity index (χ3v) is 7.91. The van der Waals surface area contributed by atoms with Gasteiger partial charge in [-0.3, -0.25) is 9.80 Å². The molecular weight excluding hydrogens is 459 g/mol. The Bertz CT molecular complexity index is 938. The van der Waals surface area contributed by atoms with Gasteiger partial charge in [0.1, 0.15) is 5.60 Å². The van der Waals surface area contributed by atoms with Gasteiger partial charge in [0.2, 0.25) is 0 Å². The molecule has 1 aromatic carbocycles. The number of amides is 1. The Morgan fingerprint density at radius 1 is 1.09 bits per heavy atom. The summed E-state index contributed by atoms with van der Waals surface area (Å²) in [5.74, 6) is 0. The van der Waals surface area contributed by atoms with Crippen LogP contribution in [0.4, 0.5) is 18.0 Å². The van der Waals surface area contributed by atoms with Crippen molar-refractivity contribution in [2.45, 2.75) is 89.4 Å². The number of aliphatic hydroxyl groups excluding tert-OH is 1. The molecule has 0 radical (unpaired) electrons. The number of fused-ring (bicyclic) bond motifs is 1. The Hall–Kier alpha value is -1.84.